The highest BCUT2D eigenvalue weighted by atomic mass is 32.1. The van der Waals surface area contributed by atoms with Gasteiger partial charge in [0.2, 0.25) is 0 Å². The summed E-state index contributed by atoms with van der Waals surface area (Å²) in [5, 5.41) is 0. The summed E-state index contributed by atoms with van der Waals surface area (Å²) in [7, 11) is 1.62. The Morgan fingerprint density at radius 3 is 2.76 bits per heavy atom. The molecule has 0 aliphatic carbocycles. The predicted molar refractivity (Wildman–Crippen MR) is 81.7 cm³/mol. The standard InChI is InChI=1S/C15H19FN2O2S/c1-15(2,3)13(19)17-14-18(7-8-20-4)11-6-5-10(16)9-12(11)21-14/h5-6,9H,7-8H2,1-4H3. The number of nitrogens with zero attached hydrogens (tertiary/aromatic N) is 2. The minimum absolute atomic E-state index is 0.194. The summed E-state index contributed by atoms with van der Waals surface area (Å²) in [6.07, 6.45) is 0. The van der Waals surface area contributed by atoms with Crippen molar-refractivity contribution in [3.8, 4) is 0 Å². The fraction of sp³-hybridized carbons (Fsp3) is 0.467. The second-order valence-corrected chi connectivity index (χ2v) is 6.82. The number of carbonyl (C=O) groups excluding carboxylic acids is 1. The summed E-state index contributed by atoms with van der Waals surface area (Å²) in [5.74, 6) is -0.489. The molecule has 0 atom stereocenters. The Balaban J connectivity index is 2.61. The molecular formula is C15H19FN2O2S. The smallest absolute Gasteiger partial charge is 0.253 e. The van der Waals surface area contributed by atoms with Crippen molar-refractivity contribution >= 4 is 27.5 Å². The zero-order chi connectivity index (χ0) is 15.6. The van der Waals surface area contributed by atoms with Crippen LogP contribution in [0.5, 0.6) is 0 Å². The van der Waals surface area contributed by atoms with Crippen molar-refractivity contribution < 1.29 is 13.9 Å². The number of aromatic nitrogens is 1. The van der Waals surface area contributed by atoms with E-state index < -0.39 is 5.41 Å². The molecule has 0 aliphatic heterocycles. The molecule has 6 heteroatoms. The van der Waals surface area contributed by atoms with Crippen LogP contribution in [0.4, 0.5) is 4.39 Å². The van der Waals surface area contributed by atoms with Gasteiger partial charge in [-0.1, -0.05) is 32.1 Å². The first kappa shape index (κ1) is 15.9. The Labute approximate surface area is 126 Å². The van der Waals surface area contributed by atoms with Crippen LogP contribution >= 0.6 is 11.3 Å². The van der Waals surface area contributed by atoms with E-state index >= 15 is 0 Å². The van der Waals surface area contributed by atoms with Crippen molar-refractivity contribution in [1.29, 1.82) is 0 Å². The molecular weight excluding hydrogens is 291 g/mol. The Kier molecular flexibility index (Phi) is 4.58. The summed E-state index contributed by atoms with van der Waals surface area (Å²) in [6.45, 7) is 6.54. The lowest BCUT2D eigenvalue weighted by Crippen LogP contribution is -2.24. The summed E-state index contributed by atoms with van der Waals surface area (Å²) >= 11 is 1.31. The van der Waals surface area contributed by atoms with Crippen LogP contribution in [0.1, 0.15) is 20.8 Å². The second-order valence-electron chi connectivity index (χ2n) is 5.81. The first-order chi connectivity index (χ1) is 9.82. The first-order valence-electron chi connectivity index (χ1n) is 6.70. The SMILES string of the molecule is COCCn1c(=NC(=O)C(C)(C)C)sc2cc(F)ccc21. The van der Waals surface area contributed by atoms with Gasteiger partial charge in [0.1, 0.15) is 5.82 Å². The lowest BCUT2D eigenvalue weighted by Gasteiger charge is -2.12. The van der Waals surface area contributed by atoms with Crippen LogP contribution in [0.3, 0.4) is 0 Å². The number of hydrogen-bond acceptors (Lipinski definition) is 3. The summed E-state index contributed by atoms with van der Waals surface area (Å²) in [6, 6.07) is 4.58. The largest absolute Gasteiger partial charge is 0.383 e. The number of rotatable bonds is 3. The Bertz CT molecular complexity index is 725. The quantitative estimate of drug-likeness (QED) is 0.875. The van der Waals surface area contributed by atoms with Crippen molar-refractivity contribution in [3.63, 3.8) is 0 Å². The van der Waals surface area contributed by atoms with Gasteiger partial charge in [-0.2, -0.15) is 4.99 Å². The molecule has 2 rings (SSSR count). The highest BCUT2D eigenvalue weighted by Gasteiger charge is 2.21. The molecule has 114 valence electrons. The van der Waals surface area contributed by atoms with Gasteiger partial charge in [-0.3, -0.25) is 4.79 Å². The molecule has 0 unspecified atom stereocenters. The molecule has 0 fully saturated rings. The van der Waals surface area contributed by atoms with E-state index in [1.54, 1.807) is 13.2 Å². The van der Waals surface area contributed by atoms with Crippen LogP contribution < -0.4 is 4.80 Å². The van der Waals surface area contributed by atoms with Gasteiger partial charge in [0.05, 0.1) is 16.8 Å². The summed E-state index contributed by atoms with van der Waals surface area (Å²) in [5.41, 5.74) is 0.319. The Morgan fingerprint density at radius 2 is 2.14 bits per heavy atom. The number of carbonyl (C=O) groups is 1. The molecule has 4 nitrogen and oxygen atoms in total. The number of methoxy groups -OCH3 is 1. The molecule has 2 aromatic rings. The van der Waals surface area contributed by atoms with E-state index in [0.717, 1.165) is 10.2 Å². The van der Waals surface area contributed by atoms with Crippen molar-refractivity contribution in [1.82, 2.24) is 4.57 Å². The summed E-state index contributed by atoms with van der Waals surface area (Å²) in [4.78, 5) is 16.9. The topological polar surface area (TPSA) is 43.6 Å². The Hall–Kier alpha value is -1.53. The minimum Gasteiger partial charge on any atom is -0.383 e. The van der Waals surface area contributed by atoms with E-state index in [9.17, 15) is 9.18 Å². The maximum Gasteiger partial charge on any atom is 0.253 e. The van der Waals surface area contributed by atoms with Crippen LogP contribution in [0.15, 0.2) is 23.2 Å². The van der Waals surface area contributed by atoms with E-state index in [4.69, 9.17) is 4.74 Å². The van der Waals surface area contributed by atoms with Crippen molar-refractivity contribution in [2.45, 2.75) is 27.3 Å². The molecule has 0 saturated carbocycles. The zero-order valence-corrected chi connectivity index (χ0v) is 13.5. The molecule has 0 radical (unpaired) electrons. The highest BCUT2D eigenvalue weighted by molar-refractivity contribution is 7.16. The number of halogens is 1. The third kappa shape index (κ3) is 3.57. The van der Waals surface area contributed by atoms with Gasteiger partial charge in [0.15, 0.2) is 4.80 Å². The molecule has 0 aliphatic rings. The number of amides is 1. The van der Waals surface area contributed by atoms with Crippen LogP contribution in [0.2, 0.25) is 0 Å². The van der Waals surface area contributed by atoms with Gasteiger partial charge in [-0.25, -0.2) is 4.39 Å². The van der Waals surface area contributed by atoms with Gasteiger partial charge in [-0.15, -0.1) is 0 Å². The van der Waals surface area contributed by atoms with Gasteiger partial charge < -0.3 is 9.30 Å². The number of thiazole rings is 1. The van der Waals surface area contributed by atoms with Crippen LogP contribution in [0, 0.1) is 11.2 Å². The average Bonchev–Trinajstić information content (AvgIpc) is 2.71. The van der Waals surface area contributed by atoms with E-state index in [1.807, 2.05) is 25.3 Å². The number of benzene rings is 1. The van der Waals surface area contributed by atoms with E-state index in [2.05, 4.69) is 4.99 Å². The molecule has 21 heavy (non-hydrogen) atoms. The molecule has 1 aromatic heterocycles. The number of ether oxygens (including phenoxy) is 1. The normalized spacial score (nSPS) is 13.1. The third-order valence-electron chi connectivity index (χ3n) is 3.00. The summed E-state index contributed by atoms with van der Waals surface area (Å²) < 4.78 is 21.1. The molecule has 0 bridgehead atoms. The van der Waals surface area contributed by atoms with Crippen molar-refractivity contribution in [2.24, 2.45) is 10.4 Å². The van der Waals surface area contributed by atoms with Gasteiger partial charge >= 0.3 is 0 Å². The zero-order valence-electron chi connectivity index (χ0n) is 12.6. The third-order valence-corrected chi connectivity index (χ3v) is 4.04. The number of fused-ring (bicyclic) bond motifs is 1. The van der Waals surface area contributed by atoms with E-state index in [-0.39, 0.29) is 11.7 Å². The maximum atomic E-state index is 13.4. The van der Waals surface area contributed by atoms with Crippen molar-refractivity contribution in [3.05, 3.63) is 28.8 Å². The lowest BCUT2D eigenvalue weighted by molar-refractivity contribution is -0.125. The fourth-order valence-electron chi connectivity index (χ4n) is 1.79. The average molecular weight is 310 g/mol. The van der Waals surface area contributed by atoms with E-state index in [0.29, 0.717) is 18.0 Å². The van der Waals surface area contributed by atoms with E-state index in [1.165, 1.54) is 23.5 Å². The molecule has 1 amide bonds. The molecule has 0 spiro atoms. The van der Waals surface area contributed by atoms with Crippen LogP contribution in [-0.4, -0.2) is 24.2 Å². The molecule has 0 saturated heterocycles. The fourth-order valence-corrected chi connectivity index (χ4v) is 2.87. The van der Waals surface area contributed by atoms with Gasteiger partial charge in [-0.05, 0) is 18.2 Å². The van der Waals surface area contributed by atoms with Gasteiger partial charge in [0, 0.05) is 19.1 Å². The first-order valence-corrected chi connectivity index (χ1v) is 7.51. The highest BCUT2D eigenvalue weighted by Crippen LogP contribution is 2.20. The second kappa shape index (κ2) is 6.07. The number of hydrogen-bond donors (Lipinski definition) is 0. The molecule has 1 heterocycles. The maximum absolute atomic E-state index is 13.4. The molecule has 1 aromatic carbocycles. The van der Waals surface area contributed by atoms with Crippen LogP contribution in [0.25, 0.3) is 10.2 Å². The predicted octanol–water partition coefficient (Wildman–Crippen LogP) is 2.96. The van der Waals surface area contributed by atoms with Crippen LogP contribution in [-0.2, 0) is 16.1 Å². The van der Waals surface area contributed by atoms with Gasteiger partial charge in [0.25, 0.3) is 5.91 Å². The Morgan fingerprint density at radius 1 is 1.43 bits per heavy atom. The van der Waals surface area contributed by atoms with Crippen molar-refractivity contribution in [2.75, 3.05) is 13.7 Å². The minimum atomic E-state index is -0.541. The monoisotopic (exact) mass is 310 g/mol. The lowest BCUT2D eigenvalue weighted by atomic mass is 9.96. The molecule has 0 N–H and O–H groups in total.